The summed E-state index contributed by atoms with van der Waals surface area (Å²) >= 11 is 0. The quantitative estimate of drug-likeness (QED) is 0.311. The lowest BCUT2D eigenvalue weighted by atomic mass is 9.41. The molecule has 8 heteroatoms. The number of morpholine rings is 1. The molecule has 14 unspecified atom stereocenters. The van der Waals surface area contributed by atoms with Crippen LogP contribution in [0.1, 0.15) is 119 Å². The molecule has 286 valence electrons. The maximum absolute atomic E-state index is 12.5. The van der Waals surface area contributed by atoms with E-state index >= 15 is 0 Å². The molecule has 3 heterocycles. The predicted octanol–water partition coefficient (Wildman–Crippen LogP) is 5.71. The second-order valence-electron chi connectivity index (χ2n) is 20.9. The van der Waals surface area contributed by atoms with Gasteiger partial charge < -0.3 is 34.4 Å². The molecule has 0 aromatic carbocycles. The van der Waals surface area contributed by atoms with E-state index in [0.29, 0.717) is 28.6 Å². The van der Waals surface area contributed by atoms with Crippen LogP contribution >= 0.6 is 0 Å². The van der Waals surface area contributed by atoms with Gasteiger partial charge >= 0.3 is 0 Å². The summed E-state index contributed by atoms with van der Waals surface area (Å²) in [5.74, 6) is 2.54. The van der Waals surface area contributed by atoms with Gasteiger partial charge in [-0.05, 0) is 162 Å². The first-order valence-corrected chi connectivity index (χ1v) is 20.9. The van der Waals surface area contributed by atoms with Gasteiger partial charge in [-0.1, -0.05) is 34.6 Å². The van der Waals surface area contributed by atoms with Crippen LogP contribution < -0.4 is 0 Å². The van der Waals surface area contributed by atoms with E-state index in [1.54, 1.807) is 13.8 Å². The van der Waals surface area contributed by atoms with E-state index < -0.39 is 23.9 Å². The number of fused-ring (bicyclic) bond motifs is 4. The van der Waals surface area contributed by atoms with E-state index in [-0.39, 0.29) is 40.7 Å². The minimum Gasteiger partial charge on any atom is -0.390 e. The Morgan fingerprint density at radius 1 is 0.940 bits per heavy atom. The highest BCUT2D eigenvalue weighted by Crippen LogP contribution is 2.89. The third kappa shape index (κ3) is 5.25. The summed E-state index contributed by atoms with van der Waals surface area (Å²) < 4.78 is 20.0. The largest absolute Gasteiger partial charge is 0.390 e. The lowest BCUT2D eigenvalue weighted by Gasteiger charge is -2.64. The number of aliphatic hydroxyl groups excluding tert-OH is 2. The molecule has 8 aliphatic rings. The molecule has 3 N–H and O–H groups in total. The molecule has 3 saturated heterocycles. The summed E-state index contributed by atoms with van der Waals surface area (Å²) in [6.45, 7) is 21.9. The molecule has 5 aliphatic carbocycles. The molecule has 0 radical (unpaired) electrons. The van der Waals surface area contributed by atoms with E-state index in [2.05, 4.69) is 51.5 Å². The summed E-state index contributed by atoms with van der Waals surface area (Å²) in [5, 5.41) is 34.2. The average Bonchev–Trinajstić information content (AvgIpc) is 3.70. The summed E-state index contributed by atoms with van der Waals surface area (Å²) in [6.07, 6.45) is 10.9. The van der Waals surface area contributed by atoms with Crippen LogP contribution in [0.3, 0.4) is 0 Å². The topological polar surface area (TPSA) is 94.9 Å². The first-order chi connectivity index (χ1) is 23.5. The Balaban J connectivity index is 0.956. The molecule has 14 atom stereocenters. The zero-order valence-electron chi connectivity index (χ0n) is 32.8. The molecule has 2 spiro atoms. The van der Waals surface area contributed by atoms with Gasteiger partial charge in [0.15, 0.2) is 6.29 Å². The van der Waals surface area contributed by atoms with Crippen LogP contribution in [0.5, 0.6) is 0 Å². The fourth-order valence-corrected chi connectivity index (χ4v) is 15.1. The van der Waals surface area contributed by atoms with Crippen LogP contribution in [-0.2, 0) is 14.2 Å². The number of likely N-dealkylation sites (tertiary alicyclic amines) is 1. The van der Waals surface area contributed by atoms with E-state index in [1.807, 2.05) is 0 Å². The summed E-state index contributed by atoms with van der Waals surface area (Å²) in [4.78, 5) is 5.07. The summed E-state index contributed by atoms with van der Waals surface area (Å²) in [7, 11) is 2.25. The van der Waals surface area contributed by atoms with Crippen molar-refractivity contribution in [2.45, 2.75) is 162 Å². The summed E-state index contributed by atoms with van der Waals surface area (Å²) in [5.41, 5.74) is -0.773. The highest BCUT2D eigenvalue weighted by atomic mass is 16.7. The van der Waals surface area contributed by atoms with Gasteiger partial charge in [0.1, 0.15) is 6.10 Å². The van der Waals surface area contributed by atoms with E-state index in [9.17, 15) is 15.3 Å². The molecule has 8 fully saturated rings. The van der Waals surface area contributed by atoms with E-state index in [1.165, 1.54) is 64.5 Å². The molecule has 50 heavy (non-hydrogen) atoms. The number of ether oxygens (including phenoxy) is 3. The standard InChI is InChI=1S/C42H72N2O6/c1-26-23-28(35(45)38(4,5)47)49-34-33(26)39(6)16-17-42-25-41(42)15-11-31(37(2,3)29(41)9-10-30(42)40(39,7)36(34)46)50-32-24-44(21-22-48-32)20-14-27-12-18-43(8)19-13-27/h26-36,45-47H,9-25H2,1-8H3. The van der Waals surface area contributed by atoms with Crippen LogP contribution in [0.15, 0.2) is 0 Å². The number of aliphatic hydroxyl groups is 3. The first kappa shape index (κ1) is 36.6. The molecule has 0 aromatic rings. The Kier molecular flexibility index (Phi) is 9.05. The Bertz CT molecular complexity index is 1260. The second kappa shape index (κ2) is 12.3. The number of nitrogens with zero attached hydrogens (tertiary/aromatic N) is 2. The minimum absolute atomic E-state index is 0.0128. The average molecular weight is 701 g/mol. The molecular formula is C42H72N2O6. The Morgan fingerprint density at radius 2 is 1.64 bits per heavy atom. The molecule has 0 amide bonds. The fraction of sp³-hybridized carbons (Fsp3) is 1.00. The molecular weight excluding hydrogens is 628 g/mol. The molecule has 8 rings (SSSR count). The normalized spacial score (nSPS) is 51.5. The zero-order valence-corrected chi connectivity index (χ0v) is 32.8. The van der Waals surface area contributed by atoms with Gasteiger partial charge in [-0.15, -0.1) is 0 Å². The van der Waals surface area contributed by atoms with Crippen molar-refractivity contribution in [3.8, 4) is 0 Å². The van der Waals surface area contributed by atoms with Gasteiger partial charge in [0.25, 0.3) is 0 Å². The predicted molar refractivity (Wildman–Crippen MR) is 194 cm³/mol. The monoisotopic (exact) mass is 701 g/mol. The zero-order chi connectivity index (χ0) is 35.6. The van der Waals surface area contributed by atoms with Crippen LogP contribution in [0, 0.1) is 56.7 Å². The van der Waals surface area contributed by atoms with Crippen molar-refractivity contribution in [2.24, 2.45) is 56.7 Å². The summed E-state index contributed by atoms with van der Waals surface area (Å²) in [6, 6.07) is 0. The van der Waals surface area contributed by atoms with Crippen LogP contribution in [0.2, 0.25) is 0 Å². The fourth-order valence-electron chi connectivity index (χ4n) is 15.1. The minimum atomic E-state index is -1.24. The molecule has 0 aromatic heterocycles. The molecule has 5 saturated carbocycles. The smallest absolute Gasteiger partial charge is 0.170 e. The number of hydrogen-bond acceptors (Lipinski definition) is 8. The SMILES string of the molecule is CC1CC(C(O)C(C)(C)O)OC2C1C1(C)CCC34CC35CCC(OC3CN(CCC6CCN(C)CC6)CCO3)C(C)(C)C5CCC4C1(C)C2O. The van der Waals surface area contributed by atoms with Crippen molar-refractivity contribution < 1.29 is 29.5 Å². The van der Waals surface area contributed by atoms with Gasteiger partial charge in [-0.3, -0.25) is 4.90 Å². The maximum atomic E-state index is 12.5. The van der Waals surface area contributed by atoms with Crippen molar-refractivity contribution in [3.05, 3.63) is 0 Å². The van der Waals surface area contributed by atoms with Crippen molar-refractivity contribution in [1.29, 1.82) is 0 Å². The molecule has 8 nitrogen and oxygen atoms in total. The Morgan fingerprint density at radius 3 is 2.36 bits per heavy atom. The Hall–Kier alpha value is -0.320. The lowest BCUT2D eigenvalue weighted by molar-refractivity contribution is -0.249. The van der Waals surface area contributed by atoms with Gasteiger partial charge in [0, 0.05) is 18.5 Å². The van der Waals surface area contributed by atoms with Gasteiger partial charge in [-0.2, -0.15) is 0 Å². The van der Waals surface area contributed by atoms with Crippen molar-refractivity contribution >= 4 is 0 Å². The maximum Gasteiger partial charge on any atom is 0.170 e. The number of rotatable bonds is 7. The van der Waals surface area contributed by atoms with Gasteiger partial charge in [0.2, 0.25) is 0 Å². The van der Waals surface area contributed by atoms with Crippen LogP contribution in [0.4, 0.5) is 0 Å². The van der Waals surface area contributed by atoms with Crippen molar-refractivity contribution in [2.75, 3.05) is 46.4 Å². The van der Waals surface area contributed by atoms with Gasteiger partial charge in [0.05, 0.1) is 36.6 Å². The lowest BCUT2D eigenvalue weighted by Crippen LogP contribution is -2.60. The highest BCUT2D eigenvalue weighted by Gasteiger charge is 2.84. The Labute approximate surface area is 303 Å². The third-order valence-corrected chi connectivity index (χ3v) is 18.0. The molecule has 0 bridgehead atoms. The number of piperidine rings is 1. The highest BCUT2D eigenvalue weighted by molar-refractivity contribution is 5.33. The van der Waals surface area contributed by atoms with Crippen LogP contribution in [0.25, 0.3) is 0 Å². The van der Waals surface area contributed by atoms with Gasteiger partial charge in [-0.25, -0.2) is 0 Å². The van der Waals surface area contributed by atoms with Crippen molar-refractivity contribution in [3.63, 3.8) is 0 Å². The molecule has 3 aliphatic heterocycles. The van der Waals surface area contributed by atoms with E-state index in [4.69, 9.17) is 14.2 Å². The third-order valence-electron chi connectivity index (χ3n) is 18.0. The first-order valence-electron chi connectivity index (χ1n) is 20.9. The second-order valence-corrected chi connectivity index (χ2v) is 20.9. The van der Waals surface area contributed by atoms with Crippen LogP contribution in [-0.4, -0.2) is 114 Å². The number of hydrogen-bond donors (Lipinski definition) is 3. The van der Waals surface area contributed by atoms with Crippen molar-refractivity contribution in [1.82, 2.24) is 9.80 Å². The van der Waals surface area contributed by atoms with E-state index in [0.717, 1.165) is 51.4 Å².